The summed E-state index contributed by atoms with van der Waals surface area (Å²) in [4.78, 5) is 0. The first-order chi connectivity index (χ1) is 7.97. The Morgan fingerprint density at radius 2 is 2.00 bits per heavy atom. The van der Waals surface area contributed by atoms with Gasteiger partial charge in [-0.15, -0.1) is 0 Å². The van der Waals surface area contributed by atoms with Crippen molar-refractivity contribution < 1.29 is 4.39 Å². The van der Waals surface area contributed by atoms with E-state index in [2.05, 4.69) is 30.7 Å². The van der Waals surface area contributed by atoms with Gasteiger partial charge in [-0.3, -0.25) is 0 Å². The highest BCUT2D eigenvalue weighted by Gasteiger charge is 2.09. The molecule has 2 nitrogen and oxygen atoms in total. The largest absolute Gasteiger partial charge is 0.346 e. The van der Waals surface area contributed by atoms with E-state index >= 15 is 0 Å². The molecule has 0 saturated heterocycles. The summed E-state index contributed by atoms with van der Waals surface area (Å²) >= 11 is 0. The summed E-state index contributed by atoms with van der Waals surface area (Å²) < 4.78 is 15.6. The zero-order chi connectivity index (χ0) is 12.5. The van der Waals surface area contributed by atoms with E-state index in [0.29, 0.717) is 5.39 Å². The molecule has 1 aromatic carbocycles. The molecule has 0 amide bonds. The van der Waals surface area contributed by atoms with Crippen molar-refractivity contribution >= 4 is 10.9 Å². The summed E-state index contributed by atoms with van der Waals surface area (Å²) in [6.07, 6.45) is 1.94. The van der Waals surface area contributed by atoms with E-state index in [1.165, 1.54) is 6.07 Å². The lowest BCUT2D eigenvalue weighted by atomic mass is 10.1. The zero-order valence-electron chi connectivity index (χ0n) is 10.6. The van der Waals surface area contributed by atoms with Crippen LogP contribution in [-0.4, -0.2) is 16.7 Å². The second kappa shape index (κ2) is 4.49. The molecule has 0 atom stereocenters. The summed E-state index contributed by atoms with van der Waals surface area (Å²) in [5, 5.41) is 4.12. The lowest BCUT2D eigenvalue weighted by molar-refractivity contribution is 0.414. The minimum Gasteiger partial charge on any atom is -0.346 e. The molecule has 0 aliphatic carbocycles. The fourth-order valence-electron chi connectivity index (χ4n) is 1.93. The van der Waals surface area contributed by atoms with E-state index < -0.39 is 0 Å². The Hall–Kier alpha value is -1.35. The van der Waals surface area contributed by atoms with Crippen molar-refractivity contribution in [1.29, 1.82) is 0 Å². The number of fused-ring (bicyclic) bond motifs is 1. The van der Waals surface area contributed by atoms with Gasteiger partial charge >= 0.3 is 0 Å². The van der Waals surface area contributed by atoms with Crippen LogP contribution in [-0.2, 0) is 6.54 Å². The molecule has 0 fully saturated rings. The number of aromatic nitrogens is 1. The smallest absolute Gasteiger partial charge is 0.132 e. The van der Waals surface area contributed by atoms with Gasteiger partial charge in [-0.25, -0.2) is 4.39 Å². The van der Waals surface area contributed by atoms with E-state index in [9.17, 15) is 4.39 Å². The van der Waals surface area contributed by atoms with Crippen LogP contribution in [0.5, 0.6) is 0 Å². The molecule has 1 N–H and O–H groups in total. The van der Waals surface area contributed by atoms with Crippen LogP contribution in [0.4, 0.5) is 4.39 Å². The van der Waals surface area contributed by atoms with Crippen molar-refractivity contribution in [2.45, 2.75) is 32.9 Å². The van der Waals surface area contributed by atoms with Gasteiger partial charge in [0.05, 0.1) is 5.52 Å². The van der Waals surface area contributed by atoms with Gasteiger partial charge in [0.15, 0.2) is 0 Å². The number of rotatable bonds is 3. The Kier molecular flexibility index (Phi) is 3.20. The number of halogens is 1. The molecule has 0 radical (unpaired) electrons. The number of nitrogens with zero attached hydrogens (tertiary/aromatic N) is 1. The van der Waals surface area contributed by atoms with Crippen LogP contribution in [0.25, 0.3) is 10.9 Å². The van der Waals surface area contributed by atoms with Gasteiger partial charge in [0, 0.05) is 30.2 Å². The number of hydrogen-bond donors (Lipinski definition) is 1. The predicted octanol–water partition coefficient (Wildman–Crippen LogP) is 3.17. The quantitative estimate of drug-likeness (QED) is 0.863. The van der Waals surface area contributed by atoms with Crippen LogP contribution in [0.1, 0.15) is 20.8 Å². The minimum absolute atomic E-state index is 0.119. The molecule has 0 unspecified atom stereocenters. The second-order valence-corrected chi connectivity index (χ2v) is 5.36. The maximum Gasteiger partial charge on any atom is 0.132 e. The minimum atomic E-state index is -0.148. The van der Waals surface area contributed by atoms with Crippen LogP contribution in [0.15, 0.2) is 30.5 Å². The van der Waals surface area contributed by atoms with Crippen LogP contribution < -0.4 is 5.32 Å². The van der Waals surface area contributed by atoms with Gasteiger partial charge in [0.2, 0.25) is 0 Å². The van der Waals surface area contributed by atoms with Gasteiger partial charge in [-0.05, 0) is 39.0 Å². The highest BCUT2D eigenvalue weighted by Crippen LogP contribution is 2.18. The number of benzene rings is 1. The summed E-state index contributed by atoms with van der Waals surface area (Å²) in [7, 11) is 0. The van der Waals surface area contributed by atoms with Crippen LogP contribution in [0.2, 0.25) is 0 Å². The van der Waals surface area contributed by atoms with Crippen molar-refractivity contribution in [2.75, 3.05) is 6.54 Å². The lowest BCUT2D eigenvalue weighted by Gasteiger charge is -2.20. The molecule has 17 heavy (non-hydrogen) atoms. The Morgan fingerprint density at radius 1 is 1.24 bits per heavy atom. The van der Waals surface area contributed by atoms with Crippen molar-refractivity contribution in [3.8, 4) is 0 Å². The van der Waals surface area contributed by atoms with E-state index in [-0.39, 0.29) is 11.4 Å². The van der Waals surface area contributed by atoms with Gasteiger partial charge in [-0.1, -0.05) is 6.07 Å². The van der Waals surface area contributed by atoms with Crippen LogP contribution in [0, 0.1) is 5.82 Å². The SMILES string of the molecule is CC(C)(C)NCCn1ccc2c(F)cccc21. The number of nitrogens with one attached hydrogen (secondary N) is 1. The average Bonchev–Trinajstić information content (AvgIpc) is 2.61. The van der Waals surface area contributed by atoms with Gasteiger partial charge in [0.25, 0.3) is 0 Å². The average molecular weight is 234 g/mol. The van der Waals surface area contributed by atoms with E-state index in [1.54, 1.807) is 6.07 Å². The third-order valence-electron chi connectivity index (χ3n) is 2.77. The first-order valence-electron chi connectivity index (χ1n) is 5.96. The molecule has 0 saturated carbocycles. The lowest BCUT2D eigenvalue weighted by Crippen LogP contribution is -2.37. The van der Waals surface area contributed by atoms with Gasteiger partial charge in [0.1, 0.15) is 5.82 Å². The fraction of sp³-hybridized carbons (Fsp3) is 0.429. The Morgan fingerprint density at radius 3 is 2.71 bits per heavy atom. The van der Waals surface area contributed by atoms with Gasteiger partial charge < -0.3 is 9.88 Å². The molecular weight excluding hydrogens is 215 g/mol. The highest BCUT2D eigenvalue weighted by molar-refractivity contribution is 5.80. The standard InChI is InChI=1S/C14H19FN2/c1-14(2,3)16-8-10-17-9-7-11-12(15)5-4-6-13(11)17/h4-7,9,16H,8,10H2,1-3H3. The Labute approximate surface area is 101 Å². The molecule has 3 heteroatoms. The molecule has 0 bridgehead atoms. The van der Waals surface area contributed by atoms with Crippen molar-refractivity contribution in [2.24, 2.45) is 0 Å². The van der Waals surface area contributed by atoms with Crippen LogP contribution in [0.3, 0.4) is 0 Å². The van der Waals surface area contributed by atoms with Crippen molar-refractivity contribution in [1.82, 2.24) is 9.88 Å². The molecule has 0 aliphatic rings. The van der Waals surface area contributed by atoms with E-state index in [0.717, 1.165) is 18.6 Å². The monoisotopic (exact) mass is 234 g/mol. The molecule has 2 aromatic rings. The molecular formula is C14H19FN2. The molecule has 0 aliphatic heterocycles. The van der Waals surface area contributed by atoms with E-state index in [1.807, 2.05) is 18.3 Å². The zero-order valence-corrected chi connectivity index (χ0v) is 10.6. The first-order valence-corrected chi connectivity index (χ1v) is 5.96. The highest BCUT2D eigenvalue weighted by atomic mass is 19.1. The fourth-order valence-corrected chi connectivity index (χ4v) is 1.93. The normalized spacial score (nSPS) is 12.2. The molecule has 1 aromatic heterocycles. The molecule has 2 rings (SSSR count). The molecule has 92 valence electrons. The second-order valence-electron chi connectivity index (χ2n) is 5.36. The number of hydrogen-bond acceptors (Lipinski definition) is 1. The van der Waals surface area contributed by atoms with E-state index in [4.69, 9.17) is 0 Å². The molecule has 0 spiro atoms. The van der Waals surface area contributed by atoms with Gasteiger partial charge in [-0.2, -0.15) is 0 Å². The Bertz CT molecular complexity index is 508. The first kappa shape index (κ1) is 12.1. The van der Waals surface area contributed by atoms with Crippen molar-refractivity contribution in [3.05, 3.63) is 36.3 Å². The summed E-state index contributed by atoms with van der Waals surface area (Å²) in [5.41, 5.74) is 1.08. The third-order valence-corrected chi connectivity index (χ3v) is 2.77. The van der Waals surface area contributed by atoms with Crippen LogP contribution >= 0.6 is 0 Å². The maximum absolute atomic E-state index is 13.5. The summed E-state index contributed by atoms with van der Waals surface area (Å²) in [6, 6.07) is 7.04. The maximum atomic E-state index is 13.5. The molecule has 1 heterocycles. The topological polar surface area (TPSA) is 17.0 Å². The Balaban J connectivity index is 2.12. The van der Waals surface area contributed by atoms with Crippen molar-refractivity contribution in [3.63, 3.8) is 0 Å². The third kappa shape index (κ3) is 2.86. The summed E-state index contributed by atoms with van der Waals surface area (Å²) in [6.45, 7) is 8.15. The predicted molar refractivity (Wildman–Crippen MR) is 69.7 cm³/mol. The summed E-state index contributed by atoms with van der Waals surface area (Å²) in [5.74, 6) is -0.148.